The third kappa shape index (κ3) is 5.28. The van der Waals surface area contributed by atoms with E-state index in [9.17, 15) is 14.4 Å². The standard InChI is InChI=1S/C26H31N5O3/c1-3-30(4-2)25(33)20-9-7-10-21(16-20)27-24(32)18-29-12-14-31(15-13-29)26(34)23-17-19-8-5-6-11-22(19)28-23/h5-11,16-17,28H,3-4,12-15,18H2,1-2H3,(H,27,32). The first-order valence-electron chi connectivity index (χ1n) is 11.8. The van der Waals surface area contributed by atoms with Gasteiger partial charge >= 0.3 is 0 Å². The molecule has 1 fully saturated rings. The van der Waals surface area contributed by atoms with Gasteiger partial charge in [0.25, 0.3) is 11.8 Å². The summed E-state index contributed by atoms with van der Waals surface area (Å²) in [4.78, 5) is 46.9. The molecular weight excluding hydrogens is 430 g/mol. The van der Waals surface area contributed by atoms with Crippen LogP contribution in [0.25, 0.3) is 10.9 Å². The van der Waals surface area contributed by atoms with Gasteiger partial charge in [0.2, 0.25) is 5.91 Å². The van der Waals surface area contributed by atoms with E-state index in [0.29, 0.717) is 56.2 Å². The fraction of sp³-hybridized carbons (Fsp3) is 0.346. The first-order chi connectivity index (χ1) is 16.5. The van der Waals surface area contributed by atoms with Crippen molar-refractivity contribution in [3.05, 3.63) is 65.9 Å². The molecule has 2 heterocycles. The monoisotopic (exact) mass is 461 g/mol. The first-order valence-corrected chi connectivity index (χ1v) is 11.8. The van der Waals surface area contributed by atoms with Crippen LogP contribution >= 0.6 is 0 Å². The molecule has 0 radical (unpaired) electrons. The number of carbonyl (C=O) groups excluding carboxylic acids is 3. The highest BCUT2D eigenvalue weighted by molar-refractivity contribution is 5.99. The number of aromatic nitrogens is 1. The number of nitrogens with zero attached hydrogens (tertiary/aromatic N) is 3. The predicted octanol–water partition coefficient (Wildman–Crippen LogP) is 3.05. The summed E-state index contributed by atoms with van der Waals surface area (Å²) in [5, 5.41) is 3.91. The van der Waals surface area contributed by atoms with Gasteiger partial charge in [-0.2, -0.15) is 0 Å². The number of benzene rings is 2. The Bertz CT molecular complexity index is 1140. The number of piperazine rings is 1. The third-order valence-electron chi connectivity index (χ3n) is 6.23. The van der Waals surface area contributed by atoms with Crippen LogP contribution in [0.4, 0.5) is 5.69 Å². The van der Waals surface area contributed by atoms with Crippen molar-refractivity contribution in [1.82, 2.24) is 19.7 Å². The molecule has 1 aromatic heterocycles. The lowest BCUT2D eigenvalue weighted by Gasteiger charge is -2.34. The molecule has 1 aliphatic heterocycles. The summed E-state index contributed by atoms with van der Waals surface area (Å²) in [6.45, 7) is 7.79. The van der Waals surface area contributed by atoms with E-state index in [2.05, 4.69) is 10.3 Å². The molecule has 4 rings (SSSR count). The number of anilines is 1. The Morgan fingerprint density at radius 3 is 2.38 bits per heavy atom. The largest absolute Gasteiger partial charge is 0.351 e. The van der Waals surface area contributed by atoms with E-state index in [1.54, 1.807) is 29.2 Å². The lowest BCUT2D eigenvalue weighted by Crippen LogP contribution is -2.50. The second-order valence-electron chi connectivity index (χ2n) is 8.45. The maximum absolute atomic E-state index is 12.9. The fourth-order valence-corrected chi connectivity index (χ4v) is 4.29. The molecule has 178 valence electrons. The van der Waals surface area contributed by atoms with Crippen molar-refractivity contribution in [2.45, 2.75) is 13.8 Å². The van der Waals surface area contributed by atoms with Crippen molar-refractivity contribution in [3.8, 4) is 0 Å². The smallest absolute Gasteiger partial charge is 0.270 e. The summed E-state index contributed by atoms with van der Waals surface area (Å²) in [6, 6.07) is 16.8. The number of amides is 3. The minimum absolute atomic E-state index is 0.0185. The van der Waals surface area contributed by atoms with Gasteiger partial charge < -0.3 is 20.1 Å². The van der Waals surface area contributed by atoms with Crippen molar-refractivity contribution in [2.24, 2.45) is 0 Å². The summed E-state index contributed by atoms with van der Waals surface area (Å²) in [7, 11) is 0. The maximum Gasteiger partial charge on any atom is 0.270 e. The van der Waals surface area contributed by atoms with Crippen molar-refractivity contribution >= 4 is 34.3 Å². The Balaban J connectivity index is 1.29. The molecule has 8 heteroatoms. The number of H-pyrrole nitrogens is 1. The summed E-state index contributed by atoms with van der Waals surface area (Å²) in [6.07, 6.45) is 0. The van der Waals surface area contributed by atoms with Crippen LogP contribution in [0.1, 0.15) is 34.7 Å². The van der Waals surface area contributed by atoms with E-state index in [1.807, 2.05) is 54.0 Å². The number of para-hydroxylation sites is 1. The van der Waals surface area contributed by atoms with Crippen molar-refractivity contribution in [2.75, 3.05) is 51.1 Å². The zero-order valence-electron chi connectivity index (χ0n) is 19.7. The van der Waals surface area contributed by atoms with Crippen molar-refractivity contribution in [1.29, 1.82) is 0 Å². The van der Waals surface area contributed by atoms with E-state index in [0.717, 1.165) is 10.9 Å². The Hall–Kier alpha value is -3.65. The van der Waals surface area contributed by atoms with E-state index >= 15 is 0 Å². The molecule has 0 saturated carbocycles. The highest BCUT2D eigenvalue weighted by Gasteiger charge is 2.24. The number of fused-ring (bicyclic) bond motifs is 1. The minimum Gasteiger partial charge on any atom is -0.351 e. The van der Waals surface area contributed by atoms with Crippen LogP contribution in [0.5, 0.6) is 0 Å². The second kappa shape index (κ2) is 10.5. The third-order valence-corrected chi connectivity index (χ3v) is 6.23. The Kier molecular flexibility index (Phi) is 7.27. The maximum atomic E-state index is 12.9. The molecule has 2 N–H and O–H groups in total. The number of aromatic amines is 1. The summed E-state index contributed by atoms with van der Waals surface area (Å²) >= 11 is 0. The first kappa shape index (κ1) is 23.5. The molecule has 2 aromatic carbocycles. The number of hydrogen-bond acceptors (Lipinski definition) is 4. The normalized spacial score (nSPS) is 14.2. The summed E-state index contributed by atoms with van der Waals surface area (Å²) in [5.41, 5.74) is 2.71. The number of carbonyl (C=O) groups is 3. The minimum atomic E-state index is -0.136. The van der Waals surface area contributed by atoms with Crippen LogP contribution in [-0.4, -0.2) is 83.2 Å². The molecule has 0 spiro atoms. The van der Waals surface area contributed by atoms with E-state index in [4.69, 9.17) is 0 Å². The van der Waals surface area contributed by atoms with Gasteiger partial charge in [-0.15, -0.1) is 0 Å². The average Bonchev–Trinajstić information content (AvgIpc) is 3.29. The summed E-state index contributed by atoms with van der Waals surface area (Å²) in [5.74, 6) is -0.199. The molecule has 3 aromatic rings. The molecule has 0 unspecified atom stereocenters. The lowest BCUT2D eigenvalue weighted by molar-refractivity contribution is -0.117. The van der Waals surface area contributed by atoms with Gasteiger partial charge in [0.05, 0.1) is 6.54 Å². The van der Waals surface area contributed by atoms with Crippen LogP contribution in [0.3, 0.4) is 0 Å². The van der Waals surface area contributed by atoms with Gasteiger partial charge in [0.1, 0.15) is 5.69 Å². The average molecular weight is 462 g/mol. The summed E-state index contributed by atoms with van der Waals surface area (Å²) < 4.78 is 0. The molecular formula is C26H31N5O3. The topological polar surface area (TPSA) is 88.8 Å². The van der Waals surface area contributed by atoms with Crippen LogP contribution < -0.4 is 5.32 Å². The predicted molar refractivity (Wildman–Crippen MR) is 133 cm³/mol. The van der Waals surface area contributed by atoms with Gasteiger partial charge in [-0.1, -0.05) is 24.3 Å². The van der Waals surface area contributed by atoms with Gasteiger partial charge in [0, 0.05) is 61.4 Å². The van der Waals surface area contributed by atoms with Gasteiger partial charge in [-0.25, -0.2) is 0 Å². The van der Waals surface area contributed by atoms with Crippen LogP contribution in [0.15, 0.2) is 54.6 Å². The van der Waals surface area contributed by atoms with E-state index in [1.165, 1.54) is 0 Å². The zero-order chi connectivity index (χ0) is 24.1. The quantitative estimate of drug-likeness (QED) is 0.566. The number of hydrogen-bond donors (Lipinski definition) is 2. The van der Waals surface area contributed by atoms with Gasteiger partial charge in [-0.3, -0.25) is 19.3 Å². The molecule has 0 aliphatic carbocycles. The SMILES string of the molecule is CCN(CC)C(=O)c1cccc(NC(=O)CN2CCN(C(=O)c3cc4ccccc4[nH]3)CC2)c1. The van der Waals surface area contributed by atoms with Gasteiger partial charge in [0.15, 0.2) is 0 Å². The van der Waals surface area contributed by atoms with Crippen molar-refractivity contribution in [3.63, 3.8) is 0 Å². The molecule has 0 atom stereocenters. The molecule has 3 amide bonds. The van der Waals surface area contributed by atoms with Crippen LogP contribution in [-0.2, 0) is 4.79 Å². The van der Waals surface area contributed by atoms with E-state index in [-0.39, 0.29) is 24.3 Å². The number of rotatable bonds is 7. The Morgan fingerprint density at radius 1 is 0.941 bits per heavy atom. The molecule has 0 bridgehead atoms. The van der Waals surface area contributed by atoms with Gasteiger partial charge in [-0.05, 0) is 44.2 Å². The Morgan fingerprint density at radius 2 is 1.68 bits per heavy atom. The highest BCUT2D eigenvalue weighted by atomic mass is 16.2. The molecule has 34 heavy (non-hydrogen) atoms. The lowest BCUT2D eigenvalue weighted by atomic mass is 10.1. The highest BCUT2D eigenvalue weighted by Crippen LogP contribution is 2.17. The fourth-order valence-electron chi connectivity index (χ4n) is 4.29. The van der Waals surface area contributed by atoms with Crippen molar-refractivity contribution < 1.29 is 14.4 Å². The van der Waals surface area contributed by atoms with Crippen LogP contribution in [0, 0.1) is 0 Å². The second-order valence-corrected chi connectivity index (χ2v) is 8.45. The molecule has 1 saturated heterocycles. The molecule has 1 aliphatic rings. The Labute approximate surface area is 199 Å². The van der Waals surface area contributed by atoms with E-state index < -0.39 is 0 Å². The molecule has 8 nitrogen and oxygen atoms in total. The number of nitrogens with one attached hydrogen (secondary N) is 2. The zero-order valence-corrected chi connectivity index (χ0v) is 19.7. The van der Waals surface area contributed by atoms with Crippen LogP contribution in [0.2, 0.25) is 0 Å².